The zero-order chi connectivity index (χ0) is 15.7. The zero-order valence-corrected chi connectivity index (χ0v) is 12.1. The number of likely N-dealkylation sites (N-methyl/N-ethyl adjacent to an activating group) is 1. The topological polar surface area (TPSA) is 91.0 Å². The van der Waals surface area contributed by atoms with E-state index in [2.05, 4.69) is 10.6 Å². The van der Waals surface area contributed by atoms with Gasteiger partial charge in [0.25, 0.3) is 5.91 Å². The van der Waals surface area contributed by atoms with Crippen LogP contribution in [-0.2, 0) is 0 Å². The summed E-state index contributed by atoms with van der Waals surface area (Å²) in [7, 11) is 1.70. The lowest BCUT2D eigenvalue weighted by Crippen LogP contribution is -2.37. The highest BCUT2D eigenvalue weighted by Gasteiger charge is 2.27. The van der Waals surface area contributed by atoms with Gasteiger partial charge in [0.2, 0.25) is 0 Å². The van der Waals surface area contributed by atoms with E-state index >= 15 is 0 Å². The third-order valence-electron chi connectivity index (χ3n) is 3.59. The summed E-state index contributed by atoms with van der Waals surface area (Å²) in [6.45, 7) is 1.69. The second kappa shape index (κ2) is 5.55. The van der Waals surface area contributed by atoms with Crippen molar-refractivity contribution in [3.63, 3.8) is 0 Å². The van der Waals surface area contributed by atoms with E-state index in [0.29, 0.717) is 43.2 Å². The number of imide groups is 1. The Morgan fingerprint density at radius 1 is 1.32 bits per heavy atom. The molecule has 1 fully saturated rings. The number of nitrogens with zero attached hydrogens (tertiary/aromatic N) is 2. The molecule has 0 aromatic heterocycles. The van der Waals surface area contributed by atoms with Gasteiger partial charge in [-0.3, -0.25) is 4.79 Å². The lowest BCUT2D eigenvalue weighted by atomic mass is 10.1. The molecule has 0 saturated carbocycles. The molecule has 8 heteroatoms. The highest BCUT2D eigenvalue weighted by molar-refractivity contribution is 6.03. The number of rotatable bonds is 1. The highest BCUT2D eigenvalue weighted by atomic mass is 16.5. The van der Waals surface area contributed by atoms with Crippen molar-refractivity contribution in [2.45, 2.75) is 0 Å². The fourth-order valence-corrected chi connectivity index (χ4v) is 2.36. The van der Waals surface area contributed by atoms with Crippen LogP contribution in [-0.4, -0.2) is 61.1 Å². The summed E-state index contributed by atoms with van der Waals surface area (Å²) in [5, 5.41) is 5.17. The second-order valence-corrected chi connectivity index (χ2v) is 5.10. The zero-order valence-electron chi connectivity index (χ0n) is 12.1. The average molecular weight is 304 g/mol. The van der Waals surface area contributed by atoms with E-state index in [1.807, 2.05) is 0 Å². The number of amides is 5. The number of carbonyl (C=O) groups is 3. The van der Waals surface area contributed by atoms with E-state index in [1.54, 1.807) is 30.1 Å². The number of hydrogen-bond acceptors (Lipinski definition) is 4. The van der Waals surface area contributed by atoms with Crippen LogP contribution in [0.1, 0.15) is 10.4 Å². The van der Waals surface area contributed by atoms with Crippen LogP contribution < -0.4 is 15.4 Å². The van der Waals surface area contributed by atoms with Gasteiger partial charge < -0.3 is 20.3 Å². The first-order chi connectivity index (χ1) is 10.6. The van der Waals surface area contributed by atoms with Crippen LogP contribution in [0.4, 0.5) is 15.3 Å². The lowest BCUT2D eigenvalue weighted by Gasteiger charge is -2.15. The van der Waals surface area contributed by atoms with Gasteiger partial charge in [0.15, 0.2) is 0 Å². The molecular weight excluding hydrogens is 288 g/mol. The Balaban J connectivity index is 1.81. The van der Waals surface area contributed by atoms with Gasteiger partial charge in [-0.2, -0.15) is 0 Å². The lowest BCUT2D eigenvalue weighted by molar-refractivity contribution is 0.0796. The number of hydrogen-bond donors (Lipinski definition) is 2. The number of urea groups is 2. The van der Waals surface area contributed by atoms with Gasteiger partial charge in [0.05, 0.1) is 12.1 Å². The maximum absolute atomic E-state index is 12.2. The number of anilines is 1. The molecule has 1 saturated heterocycles. The van der Waals surface area contributed by atoms with Crippen LogP contribution in [0.5, 0.6) is 5.75 Å². The average Bonchev–Trinajstić information content (AvgIpc) is 2.88. The molecule has 0 spiro atoms. The number of ether oxygens (including phenoxy) is 1. The molecule has 0 bridgehead atoms. The molecule has 8 nitrogen and oxygen atoms in total. The van der Waals surface area contributed by atoms with Crippen LogP contribution in [0.15, 0.2) is 18.2 Å². The van der Waals surface area contributed by atoms with E-state index in [1.165, 1.54) is 0 Å². The van der Waals surface area contributed by atoms with Crippen LogP contribution in [0.2, 0.25) is 0 Å². The van der Waals surface area contributed by atoms with Crippen molar-refractivity contribution in [1.82, 2.24) is 15.1 Å². The summed E-state index contributed by atoms with van der Waals surface area (Å²) >= 11 is 0. The van der Waals surface area contributed by atoms with Gasteiger partial charge >= 0.3 is 12.1 Å². The van der Waals surface area contributed by atoms with E-state index in [4.69, 9.17) is 4.74 Å². The van der Waals surface area contributed by atoms with Gasteiger partial charge in [-0.1, -0.05) is 0 Å². The monoisotopic (exact) mass is 304 g/mol. The summed E-state index contributed by atoms with van der Waals surface area (Å²) in [6, 6.07) is 3.90. The Hall–Kier alpha value is -2.77. The summed E-state index contributed by atoms with van der Waals surface area (Å²) in [4.78, 5) is 38.4. The quantitative estimate of drug-likeness (QED) is 0.799. The van der Waals surface area contributed by atoms with Crippen LogP contribution in [0, 0.1) is 0 Å². The molecule has 1 aromatic carbocycles. The van der Waals surface area contributed by atoms with Crippen molar-refractivity contribution in [2.75, 3.05) is 38.6 Å². The van der Waals surface area contributed by atoms with Gasteiger partial charge in [0, 0.05) is 25.8 Å². The van der Waals surface area contributed by atoms with Crippen molar-refractivity contribution in [1.29, 1.82) is 0 Å². The Bertz CT molecular complexity index is 646. The van der Waals surface area contributed by atoms with Crippen molar-refractivity contribution >= 4 is 23.7 Å². The molecule has 2 N–H and O–H groups in total. The molecule has 2 aliphatic heterocycles. The smallest absolute Gasteiger partial charge is 0.330 e. The number of fused-ring (bicyclic) bond motifs is 1. The number of benzene rings is 1. The Morgan fingerprint density at radius 2 is 2.14 bits per heavy atom. The molecule has 0 radical (unpaired) electrons. The van der Waals surface area contributed by atoms with E-state index in [-0.39, 0.29) is 5.91 Å². The summed E-state index contributed by atoms with van der Waals surface area (Å²) in [6.07, 6.45) is 0. The van der Waals surface area contributed by atoms with Gasteiger partial charge in [-0.25, -0.2) is 14.5 Å². The first-order valence-electron chi connectivity index (χ1n) is 6.95. The normalized spacial score (nSPS) is 17.5. The first kappa shape index (κ1) is 14.2. The minimum Gasteiger partial charge on any atom is -0.491 e. The minimum atomic E-state index is -0.523. The fraction of sp³-hybridized carbons (Fsp3) is 0.357. The predicted octanol–water partition coefficient (Wildman–Crippen LogP) is 0.708. The standard InChI is InChI=1S/C14H16N4O4/c1-17-6-7-22-11-3-2-9(8-10(11)12(17)19)16-14(21)18-5-4-15-13(18)20/h2-3,8H,4-7H2,1H3,(H,15,20)(H,16,21). The molecule has 0 aliphatic carbocycles. The third-order valence-corrected chi connectivity index (χ3v) is 3.59. The largest absolute Gasteiger partial charge is 0.491 e. The minimum absolute atomic E-state index is 0.164. The van der Waals surface area contributed by atoms with Gasteiger partial charge in [0.1, 0.15) is 12.4 Å². The van der Waals surface area contributed by atoms with Crippen LogP contribution in [0.3, 0.4) is 0 Å². The summed E-state index contributed by atoms with van der Waals surface area (Å²) < 4.78 is 5.52. The Kier molecular flexibility index (Phi) is 3.58. The van der Waals surface area contributed by atoms with E-state index in [0.717, 1.165) is 4.90 Å². The molecule has 1 aromatic rings. The predicted molar refractivity (Wildman–Crippen MR) is 78.0 cm³/mol. The number of carbonyl (C=O) groups excluding carboxylic acids is 3. The SMILES string of the molecule is CN1CCOc2ccc(NC(=O)N3CCNC3=O)cc2C1=O. The molecular formula is C14H16N4O4. The molecule has 2 heterocycles. The molecule has 5 amide bonds. The van der Waals surface area contributed by atoms with Gasteiger partial charge in [-0.15, -0.1) is 0 Å². The maximum atomic E-state index is 12.2. The fourth-order valence-electron chi connectivity index (χ4n) is 2.36. The summed E-state index contributed by atoms with van der Waals surface area (Å²) in [5.74, 6) is 0.328. The molecule has 2 aliphatic rings. The first-order valence-corrected chi connectivity index (χ1v) is 6.95. The second-order valence-electron chi connectivity index (χ2n) is 5.10. The Labute approximate surface area is 127 Å². The molecule has 22 heavy (non-hydrogen) atoms. The van der Waals surface area contributed by atoms with Crippen LogP contribution >= 0.6 is 0 Å². The molecule has 3 rings (SSSR count). The van der Waals surface area contributed by atoms with Crippen molar-refractivity contribution in [2.24, 2.45) is 0 Å². The molecule has 0 atom stereocenters. The maximum Gasteiger partial charge on any atom is 0.330 e. The van der Waals surface area contributed by atoms with E-state index < -0.39 is 12.1 Å². The molecule has 0 unspecified atom stereocenters. The number of nitrogens with one attached hydrogen (secondary N) is 2. The summed E-state index contributed by atoms with van der Waals surface area (Å²) in [5.41, 5.74) is 0.833. The van der Waals surface area contributed by atoms with Crippen LogP contribution in [0.25, 0.3) is 0 Å². The highest BCUT2D eigenvalue weighted by Crippen LogP contribution is 2.26. The molecule has 116 valence electrons. The van der Waals surface area contributed by atoms with Crippen molar-refractivity contribution < 1.29 is 19.1 Å². The van der Waals surface area contributed by atoms with Crippen molar-refractivity contribution in [3.8, 4) is 5.75 Å². The van der Waals surface area contributed by atoms with Crippen molar-refractivity contribution in [3.05, 3.63) is 23.8 Å². The van der Waals surface area contributed by atoms with Gasteiger partial charge in [-0.05, 0) is 18.2 Å². The van der Waals surface area contributed by atoms with E-state index in [9.17, 15) is 14.4 Å². The third kappa shape index (κ3) is 2.54. The Morgan fingerprint density at radius 3 is 2.86 bits per heavy atom.